The Kier molecular flexibility index (Phi) is 5.81. The van der Waals surface area contributed by atoms with E-state index in [0.717, 1.165) is 10.0 Å². The van der Waals surface area contributed by atoms with Gasteiger partial charge in [-0.15, -0.1) is 0 Å². The molecule has 140 valence electrons. The lowest BCUT2D eigenvalue weighted by atomic mass is 10.1. The van der Waals surface area contributed by atoms with Gasteiger partial charge >= 0.3 is 6.03 Å². The van der Waals surface area contributed by atoms with E-state index in [0.29, 0.717) is 23.7 Å². The highest BCUT2D eigenvalue weighted by atomic mass is 79.9. The van der Waals surface area contributed by atoms with Gasteiger partial charge in [0.1, 0.15) is 5.70 Å². The number of amides is 3. The van der Waals surface area contributed by atoms with Gasteiger partial charge in [-0.05, 0) is 36.3 Å². The molecule has 7 heteroatoms. The molecule has 0 spiro atoms. The van der Waals surface area contributed by atoms with E-state index >= 15 is 0 Å². The average molecular weight is 431 g/mol. The molecule has 1 N–H and O–H groups in total. The molecule has 0 bridgehead atoms. The Morgan fingerprint density at radius 2 is 1.89 bits per heavy atom. The summed E-state index contributed by atoms with van der Waals surface area (Å²) in [5.41, 5.74) is 1.79. The summed E-state index contributed by atoms with van der Waals surface area (Å²) in [5.74, 6) is 0.773. The van der Waals surface area contributed by atoms with Crippen molar-refractivity contribution in [3.05, 3.63) is 63.8 Å². The van der Waals surface area contributed by atoms with Gasteiger partial charge in [-0.2, -0.15) is 0 Å². The number of imide groups is 1. The van der Waals surface area contributed by atoms with Crippen LogP contribution in [-0.2, 0) is 11.3 Å². The van der Waals surface area contributed by atoms with Crippen LogP contribution in [0.2, 0.25) is 0 Å². The second kappa shape index (κ2) is 8.26. The number of carbonyl (C=O) groups excluding carboxylic acids is 2. The fraction of sp³-hybridized carbons (Fsp3) is 0.200. The minimum absolute atomic E-state index is 0.211. The SMILES string of the molecule is CCOc1cc(Br)c(/C=C2\NC(=O)N(Cc3ccccc3)C2=O)cc1OC. The minimum atomic E-state index is -0.441. The predicted molar refractivity (Wildman–Crippen MR) is 105 cm³/mol. The number of carbonyl (C=O) groups is 2. The van der Waals surface area contributed by atoms with E-state index in [2.05, 4.69) is 21.2 Å². The van der Waals surface area contributed by atoms with Crippen LogP contribution < -0.4 is 14.8 Å². The third kappa shape index (κ3) is 4.14. The fourth-order valence-electron chi connectivity index (χ4n) is 2.73. The Hall–Kier alpha value is -2.80. The summed E-state index contributed by atoms with van der Waals surface area (Å²) in [4.78, 5) is 26.1. The van der Waals surface area contributed by atoms with Crippen molar-refractivity contribution >= 4 is 33.9 Å². The first kappa shape index (κ1) is 19.0. The van der Waals surface area contributed by atoms with Crippen LogP contribution in [-0.4, -0.2) is 30.6 Å². The maximum atomic E-state index is 12.7. The molecule has 0 radical (unpaired) electrons. The molecule has 2 aromatic rings. The van der Waals surface area contributed by atoms with Crippen molar-refractivity contribution in [3.63, 3.8) is 0 Å². The molecule has 0 aromatic heterocycles. The Bertz CT molecular complexity index is 896. The zero-order valence-corrected chi connectivity index (χ0v) is 16.6. The number of rotatable bonds is 6. The van der Waals surface area contributed by atoms with Gasteiger partial charge in [0.2, 0.25) is 0 Å². The third-order valence-corrected chi connectivity index (χ3v) is 4.72. The van der Waals surface area contributed by atoms with Crippen molar-refractivity contribution in [1.82, 2.24) is 10.2 Å². The molecule has 3 rings (SSSR count). The number of halogens is 1. The first-order chi connectivity index (χ1) is 13.0. The van der Waals surface area contributed by atoms with Gasteiger partial charge in [-0.1, -0.05) is 46.3 Å². The highest BCUT2D eigenvalue weighted by molar-refractivity contribution is 9.10. The van der Waals surface area contributed by atoms with Crippen LogP contribution in [0.1, 0.15) is 18.1 Å². The van der Waals surface area contributed by atoms with Crippen molar-refractivity contribution in [1.29, 1.82) is 0 Å². The quantitative estimate of drug-likeness (QED) is 0.556. The van der Waals surface area contributed by atoms with Crippen molar-refractivity contribution in [2.75, 3.05) is 13.7 Å². The topological polar surface area (TPSA) is 67.9 Å². The lowest BCUT2D eigenvalue weighted by molar-refractivity contribution is -0.123. The molecule has 0 unspecified atom stereocenters. The van der Waals surface area contributed by atoms with Crippen LogP contribution in [0.5, 0.6) is 11.5 Å². The number of benzene rings is 2. The highest BCUT2D eigenvalue weighted by Gasteiger charge is 2.33. The number of methoxy groups -OCH3 is 1. The molecule has 6 nitrogen and oxygen atoms in total. The van der Waals surface area contributed by atoms with E-state index in [1.54, 1.807) is 25.3 Å². The summed E-state index contributed by atoms with van der Waals surface area (Å²) in [6.45, 7) is 2.61. The Labute approximate surface area is 165 Å². The standard InChI is InChI=1S/C20H19BrN2O4/c1-3-27-18-11-15(21)14(10-17(18)26-2)9-16-19(24)23(20(25)22-16)12-13-7-5-4-6-8-13/h4-11H,3,12H2,1-2H3,(H,22,25)/b16-9-. The van der Waals surface area contributed by atoms with E-state index in [4.69, 9.17) is 9.47 Å². The van der Waals surface area contributed by atoms with Gasteiger partial charge in [-0.3, -0.25) is 9.69 Å². The summed E-state index contributed by atoms with van der Waals surface area (Å²) >= 11 is 3.47. The smallest absolute Gasteiger partial charge is 0.329 e. The molecule has 1 fully saturated rings. The fourth-order valence-corrected chi connectivity index (χ4v) is 3.16. The van der Waals surface area contributed by atoms with Crippen molar-refractivity contribution in [2.24, 2.45) is 0 Å². The van der Waals surface area contributed by atoms with E-state index < -0.39 is 6.03 Å². The lowest BCUT2D eigenvalue weighted by Crippen LogP contribution is -2.30. The van der Waals surface area contributed by atoms with Gasteiger partial charge in [0, 0.05) is 4.47 Å². The molecule has 2 aromatic carbocycles. The molecule has 1 heterocycles. The average Bonchev–Trinajstić information content (AvgIpc) is 2.92. The highest BCUT2D eigenvalue weighted by Crippen LogP contribution is 2.35. The summed E-state index contributed by atoms with van der Waals surface area (Å²) in [7, 11) is 1.55. The summed E-state index contributed by atoms with van der Waals surface area (Å²) in [5, 5.41) is 2.63. The first-order valence-corrected chi connectivity index (χ1v) is 9.21. The lowest BCUT2D eigenvalue weighted by Gasteiger charge is -2.12. The number of ether oxygens (including phenoxy) is 2. The molecule has 0 aliphatic carbocycles. The number of nitrogens with one attached hydrogen (secondary N) is 1. The van der Waals surface area contributed by atoms with Crippen LogP contribution in [0.4, 0.5) is 4.79 Å². The molecule has 1 aliphatic heterocycles. The molecule has 1 saturated heterocycles. The predicted octanol–water partition coefficient (Wildman–Crippen LogP) is 3.95. The minimum Gasteiger partial charge on any atom is -0.493 e. The molecule has 1 aliphatic rings. The number of hydrogen-bond donors (Lipinski definition) is 1. The largest absolute Gasteiger partial charge is 0.493 e. The van der Waals surface area contributed by atoms with Crippen molar-refractivity contribution < 1.29 is 19.1 Å². The van der Waals surface area contributed by atoms with Gasteiger partial charge in [0.15, 0.2) is 11.5 Å². The van der Waals surface area contributed by atoms with Gasteiger partial charge in [-0.25, -0.2) is 4.79 Å². The molecule has 0 atom stereocenters. The van der Waals surface area contributed by atoms with Crippen LogP contribution in [0, 0.1) is 0 Å². The summed E-state index contributed by atoms with van der Waals surface area (Å²) < 4.78 is 11.6. The zero-order chi connectivity index (χ0) is 19.4. The summed E-state index contributed by atoms with van der Waals surface area (Å²) in [6, 6.07) is 12.5. The van der Waals surface area contributed by atoms with Gasteiger partial charge in [0.25, 0.3) is 5.91 Å². The molecule has 0 saturated carbocycles. The van der Waals surface area contributed by atoms with Crippen molar-refractivity contribution in [2.45, 2.75) is 13.5 Å². The Balaban J connectivity index is 1.87. The van der Waals surface area contributed by atoms with E-state index in [1.165, 1.54) is 4.90 Å². The Morgan fingerprint density at radius 1 is 1.15 bits per heavy atom. The van der Waals surface area contributed by atoms with Crippen LogP contribution in [0.15, 0.2) is 52.6 Å². The Morgan fingerprint density at radius 3 is 2.56 bits per heavy atom. The zero-order valence-electron chi connectivity index (χ0n) is 15.0. The van der Waals surface area contributed by atoms with E-state index in [9.17, 15) is 9.59 Å². The van der Waals surface area contributed by atoms with E-state index in [-0.39, 0.29) is 18.1 Å². The molecular formula is C20H19BrN2O4. The normalized spacial score (nSPS) is 15.2. The van der Waals surface area contributed by atoms with E-state index in [1.807, 2.05) is 37.3 Å². The van der Waals surface area contributed by atoms with Crippen LogP contribution in [0.25, 0.3) is 6.08 Å². The number of urea groups is 1. The third-order valence-electron chi connectivity index (χ3n) is 4.03. The van der Waals surface area contributed by atoms with Crippen molar-refractivity contribution in [3.8, 4) is 11.5 Å². The molecular weight excluding hydrogens is 412 g/mol. The van der Waals surface area contributed by atoms with Gasteiger partial charge < -0.3 is 14.8 Å². The molecule has 3 amide bonds. The monoisotopic (exact) mass is 430 g/mol. The van der Waals surface area contributed by atoms with Crippen LogP contribution in [0.3, 0.4) is 0 Å². The number of hydrogen-bond acceptors (Lipinski definition) is 4. The second-order valence-corrected chi connectivity index (χ2v) is 6.68. The number of nitrogens with zero attached hydrogens (tertiary/aromatic N) is 1. The van der Waals surface area contributed by atoms with Gasteiger partial charge in [0.05, 0.1) is 20.3 Å². The van der Waals surface area contributed by atoms with Crippen LogP contribution >= 0.6 is 15.9 Å². The maximum absolute atomic E-state index is 12.7. The first-order valence-electron chi connectivity index (χ1n) is 8.42. The second-order valence-electron chi connectivity index (χ2n) is 5.82. The molecule has 27 heavy (non-hydrogen) atoms. The maximum Gasteiger partial charge on any atom is 0.329 e. The summed E-state index contributed by atoms with van der Waals surface area (Å²) in [6.07, 6.45) is 1.62.